The van der Waals surface area contributed by atoms with E-state index >= 15 is 0 Å². The van der Waals surface area contributed by atoms with Crippen molar-refractivity contribution in [1.82, 2.24) is 0 Å². The maximum absolute atomic E-state index is 10.3. The maximum atomic E-state index is 10.3. The van der Waals surface area contributed by atoms with Gasteiger partial charge in [-0.2, -0.15) is 0 Å². The summed E-state index contributed by atoms with van der Waals surface area (Å²) in [6.07, 6.45) is 0.700. The van der Waals surface area contributed by atoms with E-state index in [1.807, 2.05) is 12.1 Å². The highest BCUT2D eigenvalue weighted by atomic mass is 16.4. The molecule has 1 aromatic rings. The van der Waals surface area contributed by atoms with Crippen molar-refractivity contribution in [3.63, 3.8) is 0 Å². The molecule has 0 amide bonds. The van der Waals surface area contributed by atoms with Crippen LogP contribution >= 0.6 is 0 Å². The Morgan fingerprint density at radius 2 is 1.93 bits per heavy atom. The first-order valence-corrected chi connectivity index (χ1v) is 4.06. The second-order valence-corrected chi connectivity index (χ2v) is 2.64. The molecule has 0 spiro atoms. The summed E-state index contributed by atoms with van der Waals surface area (Å²) in [5, 5.41) is 0. The molecule has 0 aliphatic heterocycles. The minimum atomic E-state index is 0.420. The zero-order chi connectivity index (χ0) is 11.0. The van der Waals surface area contributed by atoms with Crippen LogP contribution < -0.4 is 5.73 Å². The summed E-state index contributed by atoms with van der Waals surface area (Å²) in [5.74, 6) is 0. The Morgan fingerprint density at radius 3 is 2.36 bits per heavy atom. The highest BCUT2D eigenvalue weighted by Crippen LogP contribution is 2.16. The number of aldehydes is 1. The standard InChI is InChI=1S/C9H9NO.C2H6O/c1-7(6-11)8-4-2-3-5-9(8)10;1-3-2/h2-6H,1,10H2;1-2H3. The molecule has 0 bridgehead atoms. The number of anilines is 1. The molecule has 0 unspecified atom stereocenters. The van der Waals surface area contributed by atoms with E-state index in [1.165, 1.54) is 0 Å². The van der Waals surface area contributed by atoms with Gasteiger partial charge in [-0.25, -0.2) is 0 Å². The third kappa shape index (κ3) is 3.87. The van der Waals surface area contributed by atoms with E-state index in [-0.39, 0.29) is 0 Å². The van der Waals surface area contributed by atoms with Crippen molar-refractivity contribution in [2.75, 3.05) is 20.0 Å². The van der Waals surface area contributed by atoms with Gasteiger partial charge in [0, 0.05) is 31.0 Å². The summed E-state index contributed by atoms with van der Waals surface area (Å²) >= 11 is 0. The molecule has 76 valence electrons. The number of carbonyl (C=O) groups is 1. The van der Waals surface area contributed by atoms with Crippen LogP contribution in [0.4, 0.5) is 5.69 Å². The summed E-state index contributed by atoms with van der Waals surface area (Å²) in [6, 6.07) is 7.15. The fraction of sp³-hybridized carbons (Fsp3) is 0.182. The summed E-state index contributed by atoms with van der Waals surface area (Å²) in [6.45, 7) is 3.56. The fourth-order valence-corrected chi connectivity index (χ4v) is 0.853. The predicted molar refractivity (Wildman–Crippen MR) is 58.9 cm³/mol. The molecule has 1 rings (SSSR count). The Hall–Kier alpha value is -1.61. The zero-order valence-corrected chi connectivity index (χ0v) is 8.49. The molecule has 1 aromatic carbocycles. The van der Waals surface area contributed by atoms with Crippen molar-refractivity contribution < 1.29 is 9.53 Å². The lowest BCUT2D eigenvalue weighted by Gasteiger charge is -2.00. The van der Waals surface area contributed by atoms with Crippen LogP contribution in [0.2, 0.25) is 0 Å². The van der Waals surface area contributed by atoms with Crippen LogP contribution in [-0.2, 0) is 9.53 Å². The summed E-state index contributed by atoms with van der Waals surface area (Å²) in [4.78, 5) is 10.3. The number of methoxy groups -OCH3 is 1. The molecule has 3 nitrogen and oxygen atoms in total. The average Bonchev–Trinajstić information content (AvgIpc) is 2.19. The second-order valence-electron chi connectivity index (χ2n) is 2.64. The molecule has 0 atom stereocenters. The number of hydrogen-bond donors (Lipinski definition) is 1. The van der Waals surface area contributed by atoms with Crippen molar-refractivity contribution in [2.45, 2.75) is 0 Å². The second kappa shape index (κ2) is 6.86. The van der Waals surface area contributed by atoms with Gasteiger partial charge in [0.2, 0.25) is 0 Å². The normalized spacial score (nSPS) is 8.43. The lowest BCUT2D eigenvalue weighted by molar-refractivity contribution is -0.103. The molecule has 0 radical (unpaired) electrons. The largest absolute Gasteiger partial charge is 0.398 e. The van der Waals surface area contributed by atoms with Crippen LogP contribution in [0.3, 0.4) is 0 Å². The van der Waals surface area contributed by atoms with Crippen LogP contribution in [0.5, 0.6) is 0 Å². The van der Waals surface area contributed by atoms with Gasteiger partial charge in [-0.1, -0.05) is 24.8 Å². The van der Waals surface area contributed by atoms with Gasteiger partial charge in [-0.15, -0.1) is 0 Å². The van der Waals surface area contributed by atoms with Gasteiger partial charge in [-0.05, 0) is 6.07 Å². The van der Waals surface area contributed by atoms with Gasteiger partial charge in [0.15, 0.2) is 0 Å². The smallest absolute Gasteiger partial charge is 0.150 e. The van der Waals surface area contributed by atoms with Gasteiger partial charge < -0.3 is 10.5 Å². The minimum absolute atomic E-state index is 0.420. The van der Waals surface area contributed by atoms with E-state index in [2.05, 4.69) is 11.3 Å². The number of benzene rings is 1. The molecule has 14 heavy (non-hydrogen) atoms. The SMILES string of the molecule is C=C(C=O)c1ccccc1N.COC. The zero-order valence-electron chi connectivity index (χ0n) is 8.49. The Kier molecular flexibility index (Phi) is 6.07. The lowest BCUT2D eigenvalue weighted by atomic mass is 10.1. The molecule has 0 aliphatic carbocycles. The van der Waals surface area contributed by atoms with Gasteiger partial charge >= 0.3 is 0 Å². The van der Waals surface area contributed by atoms with Crippen molar-refractivity contribution in [3.05, 3.63) is 36.4 Å². The molecular formula is C11H15NO2. The maximum Gasteiger partial charge on any atom is 0.150 e. The topological polar surface area (TPSA) is 52.3 Å². The van der Waals surface area contributed by atoms with Crippen molar-refractivity contribution in [3.8, 4) is 0 Å². The van der Waals surface area contributed by atoms with E-state index < -0.39 is 0 Å². The van der Waals surface area contributed by atoms with E-state index in [0.717, 1.165) is 0 Å². The molecule has 3 heteroatoms. The van der Waals surface area contributed by atoms with Crippen LogP contribution in [0.25, 0.3) is 5.57 Å². The first-order chi connectivity index (χ1) is 6.67. The van der Waals surface area contributed by atoms with Crippen LogP contribution in [0, 0.1) is 0 Å². The first kappa shape index (κ1) is 12.4. The third-order valence-electron chi connectivity index (χ3n) is 1.45. The van der Waals surface area contributed by atoms with Crippen LogP contribution in [0.1, 0.15) is 5.56 Å². The van der Waals surface area contributed by atoms with Gasteiger partial charge in [0.1, 0.15) is 6.29 Å². The number of allylic oxidation sites excluding steroid dienone is 1. The Balaban J connectivity index is 0.000000500. The molecular weight excluding hydrogens is 178 g/mol. The predicted octanol–water partition coefficient (Wildman–Crippen LogP) is 1.74. The van der Waals surface area contributed by atoms with E-state index in [4.69, 9.17) is 5.73 Å². The van der Waals surface area contributed by atoms with Crippen molar-refractivity contribution in [2.24, 2.45) is 0 Å². The number of nitrogens with two attached hydrogens (primary N) is 1. The summed E-state index contributed by atoms with van der Waals surface area (Å²) in [5.41, 5.74) is 7.30. The number of para-hydroxylation sites is 1. The van der Waals surface area contributed by atoms with Crippen LogP contribution in [0.15, 0.2) is 30.8 Å². The molecule has 0 aliphatic rings. The Morgan fingerprint density at radius 1 is 1.43 bits per heavy atom. The third-order valence-corrected chi connectivity index (χ3v) is 1.45. The molecule has 0 fully saturated rings. The fourth-order valence-electron chi connectivity index (χ4n) is 0.853. The first-order valence-electron chi connectivity index (χ1n) is 4.06. The minimum Gasteiger partial charge on any atom is -0.398 e. The highest BCUT2D eigenvalue weighted by Gasteiger charge is 1.99. The van der Waals surface area contributed by atoms with E-state index in [9.17, 15) is 4.79 Å². The van der Waals surface area contributed by atoms with Gasteiger partial charge in [0.25, 0.3) is 0 Å². The molecule has 0 aromatic heterocycles. The number of hydrogen-bond acceptors (Lipinski definition) is 3. The molecule has 0 heterocycles. The van der Waals surface area contributed by atoms with Crippen LogP contribution in [-0.4, -0.2) is 20.5 Å². The van der Waals surface area contributed by atoms with Crippen molar-refractivity contribution in [1.29, 1.82) is 0 Å². The Bertz CT molecular complexity index is 308. The Labute approximate surface area is 84.2 Å². The monoisotopic (exact) mass is 193 g/mol. The summed E-state index contributed by atoms with van der Waals surface area (Å²) < 4.78 is 4.25. The summed E-state index contributed by atoms with van der Waals surface area (Å²) in [7, 11) is 3.25. The number of rotatable bonds is 2. The number of ether oxygens (including phenoxy) is 1. The lowest BCUT2D eigenvalue weighted by Crippen LogP contribution is -1.92. The van der Waals surface area contributed by atoms with Gasteiger partial charge in [0.05, 0.1) is 0 Å². The number of carbonyl (C=O) groups excluding carboxylic acids is 1. The average molecular weight is 193 g/mol. The van der Waals surface area contributed by atoms with E-state index in [0.29, 0.717) is 23.1 Å². The van der Waals surface area contributed by atoms with Crippen molar-refractivity contribution >= 4 is 17.5 Å². The molecule has 2 N–H and O–H groups in total. The van der Waals surface area contributed by atoms with Gasteiger partial charge in [-0.3, -0.25) is 4.79 Å². The molecule has 0 saturated carbocycles. The van der Waals surface area contributed by atoms with E-state index in [1.54, 1.807) is 26.4 Å². The number of nitrogen functional groups attached to an aromatic ring is 1. The quantitative estimate of drug-likeness (QED) is 0.442. The highest BCUT2D eigenvalue weighted by molar-refractivity contribution is 6.07. The molecule has 0 saturated heterocycles.